The molecule has 0 radical (unpaired) electrons. The minimum absolute atomic E-state index is 0.156. The van der Waals surface area contributed by atoms with E-state index in [0.717, 1.165) is 74.4 Å². The summed E-state index contributed by atoms with van der Waals surface area (Å²) >= 11 is 0. The number of methoxy groups -OCH3 is 1. The van der Waals surface area contributed by atoms with Crippen LogP contribution in [0.3, 0.4) is 0 Å². The molecule has 1 amide bonds. The fourth-order valence-corrected chi connectivity index (χ4v) is 5.07. The van der Waals surface area contributed by atoms with Gasteiger partial charge in [0.25, 0.3) is 5.91 Å². The van der Waals surface area contributed by atoms with Crippen molar-refractivity contribution in [3.63, 3.8) is 0 Å². The van der Waals surface area contributed by atoms with Crippen LogP contribution >= 0.6 is 0 Å². The van der Waals surface area contributed by atoms with Gasteiger partial charge in [0.05, 0.1) is 33.5 Å². The van der Waals surface area contributed by atoms with Gasteiger partial charge in [-0.2, -0.15) is 0 Å². The lowest BCUT2D eigenvalue weighted by Gasteiger charge is -2.11. The van der Waals surface area contributed by atoms with Crippen LogP contribution < -0.4 is 15.4 Å². The van der Waals surface area contributed by atoms with Gasteiger partial charge in [-0.05, 0) is 74.1 Å². The highest BCUT2D eigenvalue weighted by atomic mass is 16.5. The minimum Gasteiger partial charge on any atom is -0.494 e. The second-order valence-corrected chi connectivity index (χ2v) is 11.7. The van der Waals surface area contributed by atoms with E-state index in [1.165, 1.54) is 13.4 Å². The van der Waals surface area contributed by atoms with Crippen molar-refractivity contribution in [1.29, 1.82) is 0 Å². The number of carbonyl (C=O) groups excluding carboxylic acids is 2. The minimum atomic E-state index is -0.162. The van der Waals surface area contributed by atoms with E-state index in [-0.39, 0.29) is 11.9 Å². The second-order valence-electron chi connectivity index (χ2n) is 11.7. The summed E-state index contributed by atoms with van der Waals surface area (Å²) in [6.07, 6.45) is 10.5. The van der Waals surface area contributed by atoms with Crippen molar-refractivity contribution in [2.75, 3.05) is 45.5 Å². The average Bonchev–Trinajstić information content (AvgIpc) is 3.52. The van der Waals surface area contributed by atoms with E-state index in [1.807, 2.05) is 54.1 Å². The molecular weight excluding hydrogens is 638 g/mol. The standard InChI is InChI=1S/C37H49N7O6/c1-44-34(42-43-36(44)33-17-18-38-28-41-33)27-39-31-14-11-13-30(25-31)37(46)40-26-29-12-10-15-32(24-29)50-21-9-4-3-7-19-48-22-23-49-20-8-5-6-16-35(45)47-2/h10-15,17-18,24-25,28,39H,3-9,16,19-23,26-27H2,1-2H3,(H,40,46). The van der Waals surface area contributed by atoms with Crippen LogP contribution in [0.2, 0.25) is 0 Å². The van der Waals surface area contributed by atoms with Crippen LogP contribution in [0.1, 0.15) is 73.1 Å². The molecule has 0 aliphatic rings. The number of ether oxygens (including phenoxy) is 4. The number of nitrogens with zero attached hydrogens (tertiary/aromatic N) is 5. The molecule has 0 unspecified atom stereocenters. The third kappa shape index (κ3) is 13.6. The Morgan fingerprint density at radius 1 is 0.800 bits per heavy atom. The highest BCUT2D eigenvalue weighted by Gasteiger charge is 2.12. The maximum absolute atomic E-state index is 13.0. The van der Waals surface area contributed by atoms with Gasteiger partial charge in [-0.25, -0.2) is 9.97 Å². The van der Waals surface area contributed by atoms with Crippen LogP contribution in [-0.2, 0) is 39.1 Å². The highest BCUT2D eigenvalue weighted by molar-refractivity contribution is 5.95. The molecule has 4 aromatic rings. The van der Waals surface area contributed by atoms with Crippen molar-refractivity contribution in [3.8, 4) is 17.3 Å². The van der Waals surface area contributed by atoms with Crippen molar-refractivity contribution in [2.24, 2.45) is 7.05 Å². The van der Waals surface area contributed by atoms with Crippen molar-refractivity contribution >= 4 is 17.6 Å². The van der Waals surface area contributed by atoms with Gasteiger partial charge >= 0.3 is 5.97 Å². The number of benzene rings is 2. The molecule has 0 saturated carbocycles. The lowest BCUT2D eigenvalue weighted by atomic mass is 10.1. The topological polar surface area (TPSA) is 152 Å². The van der Waals surface area contributed by atoms with Crippen LogP contribution in [-0.4, -0.2) is 76.8 Å². The number of amides is 1. The van der Waals surface area contributed by atoms with Gasteiger partial charge in [0.1, 0.15) is 17.8 Å². The maximum atomic E-state index is 13.0. The van der Waals surface area contributed by atoms with E-state index in [1.54, 1.807) is 18.3 Å². The van der Waals surface area contributed by atoms with E-state index in [2.05, 4.69) is 35.5 Å². The molecule has 0 aliphatic heterocycles. The largest absolute Gasteiger partial charge is 0.494 e. The number of hydrogen-bond acceptors (Lipinski definition) is 11. The van der Waals surface area contributed by atoms with Crippen LogP contribution in [0.4, 0.5) is 5.69 Å². The predicted octanol–water partition coefficient (Wildman–Crippen LogP) is 5.52. The zero-order chi connectivity index (χ0) is 35.2. The Balaban J connectivity index is 1.05. The highest BCUT2D eigenvalue weighted by Crippen LogP contribution is 2.17. The molecule has 2 aromatic heterocycles. The summed E-state index contributed by atoms with van der Waals surface area (Å²) < 4.78 is 23.7. The first-order valence-electron chi connectivity index (χ1n) is 17.2. The molecule has 0 spiro atoms. The summed E-state index contributed by atoms with van der Waals surface area (Å²) in [5.41, 5.74) is 3.02. The number of anilines is 1. The monoisotopic (exact) mass is 687 g/mol. The van der Waals surface area contributed by atoms with Gasteiger partial charge in [0.15, 0.2) is 11.6 Å². The molecule has 0 bridgehead atoms. The molecule has 0 atom stereocenters. The van der Waals surface area contributed by atoms with Crippen LogP contribution in [0.15, 0.2) is 67.1 Å². The van der Waals surface area contributed by atoms with E-state index in [4.69, 9.17) is 14.2 Å². The molecule has 0 saturated heterocycles. The number of esters is 1. The number of unbranched alkanes of at least 4 members (excludes halogenated alkanes) is 5. The second kappa shape index (κ2) is 22.0. The summed E-state index contributed by atoms with van der Waals surface area (Å²) in [7, 11) is 3.30. The Morgan fingerprint density at radius 3 is 2.32 bits per heavy atom. The summed E-state index contributed by atoms with van der Waals surface area (Å²) in [5, 5.41) is 14.9. The van der Waals surface area contributed by atoms with Gasteiger partial charge in [0, 0.05) is 50.7 Å². The fraction of sp³-hybridized carbons (Fsp3) is 0.459. The van der Waals surface area contributed by atoms with Crippen molar-refractivity contribution in [3.05, 3.63) is 84.1 Å². The van der Waals surface area contributed by atoms with E-state index < -0.39 is 0 Å². The summed E-state index contributed by atoms with van der Waals surface area (Å²) in [5.74, 6) is 1.86. The molecule has 2 aromatic carbocycles. The molecule has 0 aliphatic carbocycles. The van der Waals surface area contributed by atoms with Crippen molar-refractivity contribution in [2.45, 2.75) is 64.5 Å². The van der Waals surface area contributed by atoms with Crippen LogP contribution in [0, 0.1) is 0 Å². The first-order valence-corrected chi connectivity index (χ1v) is 17.2. The van der Waals surface area contributed by atoms with Crippen molar-refractivity contribution in [1.82, 2.24) is 30.0 Å². The number of rotatable bonds is 24. The maximum Gasteiger partial charge on any atom is 0.305 e. The van der Waals surface area contributed by atoms with Gasteiger partial charge in [-0.15, -0.1) is 10.2 Å². The lowest BCUT2D eigenvalue weighted by molar-refractivity contribution is -0.140. The average molecular weight is 688 g/mol. The Hall–Kier alpha value is -4.88. The summed E-state index contributed by atoms with van der Waals surface area (Å²) in [6, 6.07) is 17.0. The molecule has 2 heterocycles. The fourth-order valence-electron chi connectivity index (χ4n) is 5.07. The predicted molar refractivity (Wildman–Crippen MR) is 189 cm³/mol. The zero-order valence-electron chi connectivity index (χ0n) is 29.1. The molecule has 0 fully saturated rings. The first kappa shape index (κ1) is 37.9. The van der Waals surface area contributed by atoms with E-state index >= 15 is 0 Å². The Kier molecular flexibility index (Phi) is 16.7. The zero-order valence-corrected chi connectivity index (χ0v) is 29.1. The van der Waals surface area contributed by atoms with Gasteiger partial charge in [-0.1, -0.05) is 31.0 Å². The van der Waals surface area contributed by atoms with Crippen LogP contribution in [0.25, 0.3) is 11.5 Å². The van der Waals surface area contributed by atoms with Gasteiger partial charge < -0.3 is 34.1 Å². The quantitative estimate of drug-likeness (QED) is 0.0708. The Morgan fingerprint density at radius 2 is 1.56 bits per heavy atom. The third-order valence-electron chi connectivity index (χ3n) is 7.92. The summed E-state index contributed by atoms with van der Waals surface area (Å²) in [4.78, 5) is 32.2. The summed E-state index contributed by atoms with van der Waals surface area (Å²) in [6.45, 7) is 4.08. The number of nitrogens with one attached hydrogen (secondary N) is 2. The van der Waals surface area contributed by atoms with Crippen molar-refractivity contribution < 1.29 is 28.5 Å². The number of carbonyl (C=O) groups is 2. The molecule has 13 heteroatoms. The number of hydrogen-bond donors (Lipinski definition) is 2. The molecule has 13 nitrogen and oxygen atoms in total. The van der Waals surface area contributed by atoms with Gasteiger partial charge in [-0.3, -0.25) is 9.59 Å². The van der Waals surface area contributed by atoms with E-state index in [9.17, 15) is 9.59 Å². The Labute approximate surface area is 294 Å². The van der Waals surface area contributed by atoms with Gasteiger partial charge in [0.2, 0.25) is 0 Å². The number of aromatic nitrogens is 5. The lowest BCUT2D eigenvalue weighted by Crippen LogP contribution is -2.22. The third-order valence-corrected chi connectivity index (χ3v) is 7.92. The molecule has 50 heavy (non-hydrogen) atoms. The molecule has 4 rings (SSSR count). The SMILES string of the molecule is COC(=O)CCCCCOCCOCCCCCCOc1cccc(CNC(=O)c2cccc(NCc3nnc(-c4ccncn4)n3C)c2)c1. The first-order chi connectivity index (χ1) is 24.5. The van der Waals surface area contributed by atoms with E-state index in [0.29, 0.717) is 63.0 Å². The molecule has 2 N–H and O–H groups in total. The molecule has 268 valence electrons. The smallest absolute Gasteiger partial charge is 0.305 e. The van der Waals surface area contributed by atoms with Crippen LogP contribution in [0.5, 0.6) is 5.75 Å². The molecular formula is C37H49N7O6. The Bertz CT molecular complexity index is 1580. The normalized spacial score (nSPS) is 10.9.